The summed E-state index contributed by atoms with van der Waals surface area (Å²) in [5.74, 6) is -0.736. The Balaban J connectivity index is 2.30. The highest BCUT2D eigenvalue weighted by Crippen LogP contribution is 2.25. The molecule has 1 rings (SSSR count). The van der Waals surface area contributed by atoms with E-state index in [0.717, 1.165) is 45.2 Å². The number of alkyl halides is 1. The third kappa shape index (κ3) is 10.0. The maximum absolute atomic E-state index is 10.5. The second kappa shape index (κ2) is 13.4. The second-order valence-electron chi connectivity index (χ2n) is 6.85. The monoisotopic (exact) mass is 371 g/mol. The Bertz CT molecular complexity index is 425. The smallest absolute Gasteiger partial charge is 0.303 e. The van der Waals surface area contributed by atoms with Crippen molar-refractivity contribution in [3.8, 4) is 0 Å². The molecule has 1 fully saturated rings. The van der Waals surface area contributed by atoms with Crippen LogP contribution in [0.2, 0.25) is 0 Å². The second-order valence-corrected chi connectivity index (χ2v) is 7.41. The average Bonchev–Trinajstić information content (AvgIpc) is 2.91. The number of hydrogen-bond acceptors (Lipinski definition) is 3. The molecule has 0 bridgehead atoms. The summed E-state index contributed by atoms with van der Waals surface area (Å²) in [6.45, 7) is 3.98. The van der Waals surface area contributed by atoms with Crippen molar-refractivity contribution in [1.82, 2.24) is 4.90 Å². The summed E-state index contributed by atoms with van der Waals surface area (Å²) in [5.41, 5.74) is 0. The number of halogens is 1. The number of aliphatic carboxylic acids is 1. The summed E-state index contributed by atoms with van der Waals surface area (Å²) in [6.07, 6.45) is 15.7. The van der Waals surface area contributed by atoms with Crippen molar-refractivity contribution in [3.63, 3.8) is 0 Å². The van der Waals surface area contributed by atoms with Crippen LogP contribution in [0.15, 0.2) is 24.3 Å². The Morgan fingerprint density at radius 3 is 2.80 bits per heavy atom. The van der Waals surface area contributed by atoms with Crippen molar-refractivity contribution >= 4 is 17.6 Å². The molecule has 5 heteroatoms. The normalized spacial score (nSPS) is 23.0. The van der Waals surface area contributed by atoms with E-state index in [9.17, 15) is 9.90 Å². The highest BCUT2D eigenvalue weighted by Gasteiger charge is 2.30. The lowest BCUT2D eigenvalue weighted by Crippen LogP contribution is -2.33. The van der Waals surface area contributed by atoms with Gasteiger partial charge < -0.3 is 10.2 Å². The molecule has 0 spiro atoms. The highest BCUT2D eigenvalue weighted by atomic mass is 35.5. The fraction of sp³-hybridized carbons (Fsp3) is 0.750. The fourth-order valence-electron chi connectivity index (χ4n) is 3.18. The number of carboxylic acid groups (broad SMARTS) is 1. The zero-order valence-corrected chi connectivity index (χ0v) is 16.2. The summed E-state index contributed by atoms with van der Waals surface area (Å²) in [5, 5.41) is 18.7. The molecule has 0 amide bonds. The van der Waals surface area contributed by atoms with Crippen LogP contribution in [0.5, 0.6) is 0 Å². The molecule has 0 aromatic rings. The minimum atomic E-state index is -0.736. The van der Waals surface area contributed by atoms with Crippen LogP contribution in [0.25, 0.3) is 0 Å². The summed E-state index contributed by atoms with van der Waals surface area (Å²) in [4.78, 5) is 12.8. The molecule has 0 aromatic carbocycles. The predicted octanol–water partition coefficient (Wildman–Crippen LogP) is 4.37. The number of nitrogens with zero attached hydrogens (tertiary/aromatic N) is 1. The lowest BCUT2D eigenvalue weighted by atomic mass is 10.1. The number of aliphatic hydroxyl groups excluding tert-OH is 1. The van der Waals surface area contributed by atoms with Crippen LogP contribution in [-0.2, 0) is 4.79 Å². The van der Waals surface area contributed by atoms with E-state index in [1.165, 1.54) is 12.8 Å². The maximum atomic E-state index is 10.5. The molecule has 0 radical (unpaired) electrons. The zero-order valence-electron chi connectivity index (χ0n) is 15.4. The van der Waals surface area contributed by atoms with E-state index in [1.807, 2.05) is 6.08 Å². The van der Waals surface area contributed by atoms with E-state index in [-0.39, 0.29) is 17.9 Å². The molecule has 3 atom stereocenters. The van der Waals surface area contributed by atoms with Gasteiger partial charge >= 0.3 is 5.97 Å². The highest BCUT2D eigenvalue weighted by molar-refractivity contribution is 6.21. The van der Waals surface area contributed by atoms with Crippen molar-refractivity contribution in [2.45, 2.75) is 82.2 Å². The number of unbranched alkanes of at least 4 members (excludes halogenated alkanes) is 3. The third-order valence-corrected chi connectivity index (χ3v) is 5.19. The van der Waals surface area contributed by atoms with Crippen LogP contribution in [0.4, 0.5) is 0 Å². The number of allylic oxidation sites excluding steroid dienone is 1. The zero-order chi connectivity index (χ0) is 18.5. The molecule has 1 aliphatic heterocycles. The number of hydrogen-bond donors (Lipinski definition) is 2. The van der Waals surface area contributed by atoms with E-state index in [2.05, 4.69) is 30.1 Å². The van der Waals surface area contributed by atoms with Gasteiger partial charge in [0.15, 0.2) is 0 Å². The molecule has 0 saturated carbocycles. The molecular weight excluding hydrogens is 338 g/mol. The Labute approximate surface area is 157 Å². The van der Waals surface area contributed by atoms with Gasteiger partial charge in [0, 0.05) is 25.6 Å². The first-order valence-electron chi connectivity index (χ1n) is 9.64. The van der Waals surface area contributed by atoms with Crippen LogP contribution in [0, 0.1) is 0 Å². The number of likely N-dealkylation sites (tertiary alicyclic amines) is 1. The Morgan fingerprint density at radius 1 is 1.28 bits per heavy atom. The first kappa shape index (κ1) is 22.2. The summed E-state index contributed by atoms with van der Waals surface area (Å²) in [6, 6.07) is 0.319. The summed E-state index contributed by atoms with van der Waals surface area (Å²) >= 11 is 6.45. The Morgan fingerprint density at radius 2 is 2.08 bits per heavy atom. The van der Waals surface area contributed by atoms with Crippen LogP contribution in [-0.4, -0.2) is 51.7 Å². The molecule has 1 heterocycles. The topological polar surface area (TPSA) is 60.8 Å². The van der Waals surface area contributed by atoms with Crippen LogP contribution < -0.4 is 0 Å². The van der Waals surface area contributed by atoms with E-state index >= 15 is 0 Å². The SMILES string of the molecule is CCCCCC(O)/C=C\CN1CC[C@@H](Cl)C1CC=CCCCC(=O)O. The van der Waals surface area contributed by atoms with Crippen LogP contribution in [0.3, 0.4) is 0 Å². The molecule has 1 saturated heterocycles. The van der Waals surface area contributed by atoms with E-state index in [4.69, 9.17) is 16.7 Å². The van der Waals surface area contributed by atoms with Gasteiger partial charge in [-0.25, -0.2) is 0 Å². The van der Waals surface area contributed by atoms with Gasteiger partial charge in [-0.1, -0.05) is 50.5 Å². The van der Waals surface area contributed by atoms with Crippen molar-refractivity contribution in [2.24, 2.45) is 0 Å². The Kier molecular flexibility index (Phi) is 11.9. The van der Waals surface area contributed by atoms with Crippen LogP contribution >= 0.6 is 11.6 Å². The van der Waals surface area contributed by atoms with Gasteiger partial charge in [0.2, 0.25) is 0 Å². The fourth-order valence-corrected chi connectivity index (χ4v) is 3.54. The largest absolute Gasteiger partial charge is 0.481 e. The molecule has 0 aromatic heterocycles. The van der Waals surface area contributed by atoms with Gasteiger partial charge in [0.25, 0.3) is 0 Å². The molecule has 4 nitrogen and oxygen atoms in total. The van der Waals surface area contributed by atoms with Crippen LogP contribution in [0.1, 0.15) is 64.7 Å². The quantitative estimate of drug-likeness (QED) is 0.287. The predicted molar refractivity (Wildman–Crippen MR) is 104 cm³/mol. The number of carboxylic acids is 1. The first-order chi connectivity index (χ1) is 12.0. The van der Waals surface area contributed by atoms with Gasteiger partial charge in [-0.2, -0.15) is 0 Å². The van der Waals surface area contributed by atoms with Gasteiger partial charge in [-0.15, -0.1) is 11.6 Å². The van der Waals surface area contributed by atoms with Gasteiger partial charge in [0.05, 0.1) is 11.5 Å². The standard InChI is InChI=1S/C20H34ClNO3/c1-2-3-6-10-17(23)11-9-15-22-16-14-18(21)19(22)12-7-4-5-8-13-20(24)25/h4,7,9,11,17-19,23H,2-3,5-6,8,10,12-16H2,1H3,(H,24,25)/b7-4?,11-9-/t17?,18-,19?/m1/s1. The molecule has 144 valence electrons. The van der Waals surface area contributed by atoms with E-state index < -0.39 is 5.97 Å². The summed E-state index contributed by atoms with van der Waals surface area (Å²) < 4.78 is 0. The van der Waals surface area contributed by atoms with Crippen molar-refractivity contribution in [3.05, 3.63) is 24.3 Å². The number of aliphatic hydroxyl groups is 1. The maximum Gasteiger partial charge on any atom is 0.303 e. The lowest BCUT2D eigenvalue weighted by Gasteiger charge is -2.23. The van der Waals surface area contributed by atoms with Gasteiger partial charge in [-0.05, 0) is 32.1 Å². The molecule has 1 aliphatic rings. The third-order valence-electron chi connectivity index (χ3n) is 4.69. The minimum Gasteiger partial charge on any atom is -0.481 e. The molecule has 2 N–H and O–H groups in total. The molecule has 2 unspecified atom stereocenters. The average molecular weight is 372 g/mol. The van der Waals surface area contributed by atoms with E-state index in [1.54, 1.807) is 0 Å². The molecular formula is C20H34ClNO3. The minimum absolute atomic E-state index is 0.159. The Hall–Kier alpha value is -0.840. The summed E-state index contributed by atoms with van der Waals surface area (Å²) in [7, 11) is 0. The van der Waals surface area contributed by atoms with Gasteiger partial charge in [0.1, 0.15) is 0 Å². The lowest BCUT2D eigenvalue weighted by molar-refractivity contribution is -0.137. The van der Waals surface area contributed by atoms with E-state index in [0.29, 0.717) is 12.5 Å². The van der Waals surface area contributed by atoms with Crippen molar-refractivity contribution in [1.29, 1.82) is 0 Å². The number of carbonyl (C=O) groups is 1. The van der Waals surface area contributed by atoms with Crippen molar-refractivity contribution in [2.75, 3.05) is 13.1 Å². The first-order valence-corrected chi connectivity index (χ1v) is 10.1. The number of rotatable bonds is 13. The van der Waals surface area contributed by atoms with Gasteiger partial charge in [-0.3, -0.25) is 9.69 Å². The molecule has 0 aliphatic carbocycles. The van der Waals surface area contributed by atoms with Crippen molar-refractivity contribution < 1.29 is 15.0 Å². The molecule has 25 heavy (non-hydrogen) atoms.